The van der Waals surface area contributed by atoms with Crippen LogP contribution in [0.2, 0.25) is 0 Å². The van der Waals surface area contributed by atoms with Crippen molar-refractivity contribution >= 4 is 27.7 Å². The lowest BCUT2D eigenvalue weighted by atomic mass is 9.71. The van der Waals surface area contributed by atoms with Crippen LogP contribution < -0.4 is 5.32 Å². The topological polar surface area (TPSA) is 55.4 Å². The summed E-state index contributed by atoms with van der Waals surface area (Å²) < 4.78 is 6.88. The average Bonchev–Trinajstić information content (AvgIpc) is 2.68. The maximum Gasteiger partial charge on any atom is 0.316 e. The van der Waals surface area contributed by atoms with E-state index in [-0.39, 0.29) is 23.8 Å². The molecule has 0 radical (unpaired) electrons. The smallest absolute Gasteiger partial charge is 0.316 e. The van der Waals surface area contributed by atoms with Crippen molar-refractivity contribution < 1.29 is 14.3 Å². The van der Waals surface area contributed by atoms with Gasteiger partial charge in [-0.15, -0.1) is 0 Å². The van der Waals surface area contributed by atoms with E-state index in [4.69, 9.17) is 4.74 Å². The van der Waals surface area contributed by atoms with Gasteiger partial charge in [0.1, 0.15) is 12.0 Å². The minimum Gasteiger partial charge on any atom is -0.462 e. The molecule has 0 bridgehead atoms. The van der Waals surface area contributed by atoms with Crippen LogP contribution in [0, 0.1) is 5.92 Å². The van der Waals surface area contributed by atoms with Crippen LogP contribution in [0.3, 0.4) is 0 Å². The Kier molecular flexibility index (Phi) is 5.72. The summed E-state index contributed by atoms with van der Waals surface area (Å²) in [5, 5.41) is 3.28. The molecule has 1 aliphatic heterocycles. The molecule has 2 unspecified atom stereocenters. The highest BCUT2D eigenvalue weighted by molar-refractivity contribution is 9.10. The van der Waals surface area contributed by atoms with Crippen LogP contribution in [0.5, 0.6) is 0 Å². The van der Waals surface area contributed by atoms with Gasteiger partial charge in [-0.3, -0.25) is 9.59 Å². The zero-order chi connectivity index (χ0) is 19.7. The molecular formula is C23H26BrNO3. The Labute approximate surface area is 174 Å². The van der Waals surface area contributed by atoms with E-state index < -0.39 is 5.92 Å². The Hall–Kier alpha value is -1.88. The van der Waals surface area contributed by atoms with Gasteiger partial charge >= 0.3 is 5.97 Å². The molecule has 3 aliphatic rings. The number of ether oxygens (including phenoxy) is 1. The van der Waals surface area contributed by atoms with E-state index in [1.54, 1.807) is 0 Å². The van der Waals surface area contributed by atoms with Gasteiger partial charge in [-0.2, -0.15) is 0 Å². The lowest BCUT2D eigenvalue weighted by molar-refractivity contribution is -0.155. The number of hydrogen-bond donors (Lipinski definition) is 1. The largest absolute Gasteiger partial charge is 0.462 e. The van der Waals surface area contributed by atoms with Gasteiger partial charge in [0.05, 0.1) is 0 Å². The first-order valence-electron chi connectivity index (χ1n) is 10.2. The van der Waals surface area contributed by atoms with Gasteiger partial charge in [-0.1, -0.05) is 41.1 Å². The highest BCUT2D eigenvalue weighted by Crippen LogP contribution is 2.44. The number of halogens is 1. The van der Waals surface area contributed by atoms with Crippen molar-refractivity contribution in [3.05, 3.63) is 57.8 Å². The quantitative estimate of drug-likeness (QED) is 0.656. The van der Waals surface area contributed by atoms with Crippen molar-refractivity contribution in [3.8, 4) is 0 Å². The Morgan fingerprint density at radius 2 is 1.79 bits per heavy atom. The molecule has 0 spiro atoms. The van der Waals surface area contributed by atoms with Crippen LogP contribution in [-0.2, 0) is 14.3 Å². The Morgan fingerprint density at radius 1 is 1.07 bits per heavy atom. The second kappa shape index (κ2) is 8.24. The first-order valence-corrected chi connectivity index (χ1v) is 11.0. The normalized spacial score (nSPS) is 25.9. The second-order valence-electron chi connectivity index (χ2n) is 8.02. The molecular weight excluding hydrogens is 418 g/mol. The van der Waals surface area contributed by atoms with Crippen LogP contribution in [-0.4, -0.2) is 17.9 Å². The minimum absolute atomic E-state index is 0.0166. The summed E-state index contributed by atoms with van der Waals surface area (Å²) in [6, 6.07) is 7.88. The second-order valence-corrected chi connectivity index (χ2v) is 8.94. The van der Waals surface area contributed by atoms with E-state index in [2.05, 4.69) is 27.8 Å². The van der Waals surface area contributed by atoms with Gasteiger partial charge in [0.25, 0.3) is 0 Å². The van der Waals surface area contributed by atoms with Crippen LogP contribution in [0.25, 0.3) is 0 Å². The van der Waals surface area contributed by atoms with E-state index in [0.29, 0.717) is 12.1 Å². The fourth-order valence-corrected chi connectivity index (χ4v) is 4.99. The number of rotatable bonds is 3. The Morgan fingerprint density at radius 3 is 2.50 bits per heavy atom. The first kappa shape index (κ1) is 19.4. The van der Waals surface area contributed by atoms with E-state index in [1.807, 2.05) is 24.3 Å². The number of esters is 1. The van der Waals surface area contributed by atoms with Crippen LogP contribution in [0.1, 0.15) is 62.8 Å². The Balaban J connectivity index is 1.71. The molecule has 1 aromatic rings. The monoisotopic (exact) mass is 443 g/mol. The van der Waals surface area contributed by atoms with Crippen LogP contribution in [0.4, 0.5) is 0 Å². The third kappa shape index (κ3) is 3.82. The molecule has 1 fully saturated rings. The van der Waals surface area contributed by atoms with Gasteiger partial charge in [-0.05, 0) is 56.2 Å². The average molecular weight is 444 g/mol. The van der Waals surface area contributed by atoms with Crippen molar-refractivity contribution in [2.45, 2.75) is 63.4 Å². The maximum absolute atomic E-state index is 13.2. The summed E-state index contributed by atoms with van der Waals surface area (Å²) >= 11 is 3.47. The zero-order valence-electron chi connectivity index (χ0n) is 16.0. The summed E-state index contributed by atoms with van der Waals surface area (Å²) in [6.07, 6.45) is 7.43. The molecule has 2 atom stereocenters. The predicted molar refractivity (Wildman–Crippen MR) is 111 cm³/mol. The summed E-state index contributed by atoms with van der Waals surface area (Å²) in [6.45, 7) is 4.15. The number of ketones is 1. The van der Waals surface area contributed by atoms with E-state index >= 15 is 0 Å². The van der Waals surface area contributed by atoms with E-state index in [9.17, 15) is 9.59 Å². The first-order chi connectivity index (χ1) is 13.5. The van der Waals surface area contributed by atoms with Gasteiger partial charge in [-0.25, -0.2) is 0 Å². The SMILES string of the molecule is C=C1NC2=C(C(=O)CCC2)C(c2ccc(Br)cc2)C1C(=O)OC1CCCCC1. The number of hydrogen-bond acceptors (Lipinski definition) is 4. The summed E-state index contributed by atoms with van der Waals surface area (Å²) in [5.41, 5.74) is 3.27. The van der Waals surface area contributed by atoms with Crippen molar-refractivity contribution in [2.75, 3.05) is 0 Å². The fraction of sp³-hybridized carbons (Fsp3) is 0.478. The summed E-state index contributed by atoms with van der Waals surface area (Å²) in [7, 11) is 0. The highest BCUT2D eigenvalue weighted by Gasteiger charge is 2.44. The molecule has 1 aromatic carbocycles. The third-order valence-corrected chi connectivity index (χ3v) is 6.63. The molecule has 0 aromatic heterocycles. The maximum atomic E-state index is 13.2. The van der Waals surface area contributed by atoms with E-state index in [1.165, 1.54) is 6.42 Å². The molecule has 1 saturated carbocycles. The third-order valence-electron chi connectivity index (χ3n) is 6.11. The molecule has 0 amide bonds. The molecule has 1 heterocycles. The van der Waals surface area contributed by atoms with Gasteiger partial charge in [0.15, 0.2) is 5.78 Å². The fourth-order valence-electron chi connectivity index (χ4n) is 4.72. The molecule has 148 valence electrons. The standard InChI is InChI=1S/C23H26BrNO3/c1-14-20(23(27)28-17-6-3-2-4-7-17)21(15-10-12-16(24)13-11-15)22-18(25-14)8-5-9-19(22)26/h10-13,17,20-21,25H,1-9H2. The molecule has 0 saturated heterocycles. The van der Waals surface area contributed by atoms with Crippen molar-refractivity contribution in [1.29, 1.82) is 0 Å². The molecule has 2 aliphatic carbocycles. The molecule has 1 N–H and O–H groups in total. The lowest BCUT2D eigenvalue weighted by Gasteiger charge is -2.39. The number of carbonyl (C=O) groups is 2. The minimum atomic E-state index is -0.580. The van der Waals surface area contributed by atoms with Gasteiger partial charge in [0.2, 0.25) is 0 Å². The van der Waals surface area contributed by atoms with Crippen molar-refractivity contribution in [1.82, 2.24) is 5.32 Å². The van der Waals surface area contributed by atoms with Crippen molar-refractivity contribution in [3.63, 3.8) is 0 Å². The zero-order valence-corrected chi connectivity index (χ0v) is 17.6. The van der Waals surface area contributed by atoms with Crippen LogP contribution >= 0.6 is 15.9 Å². The highest BCUT2D eigenvalue weighted by atomic mass is 79.9. The Bertz CT molecular complexity index is 821. The molecule has 4 rings (SSSR count). The van der Waals surface area contributed by atoms with Crippen molar-refractivity contribution in [2.24, 2.45) is 5.92 Å². The summed E-state index contributed by atoms with van der Waals surface area (Å²) in [4.78, 5) is 26.1. The van der Waals surface area contributed by atoms with Gasteiger partial charge in [0, 0.05) is 33.8 Å². The predicted octanol–water partition coefficient (Wildman–Crippen LogP) is 5.15. The van der Waals surface area contributed by atoms with Crippen LogP contribution in [0.15, 0.2) is 52.3 Å². The molecule has 5 heteroatoms. The van der Waals surface area contributed by atoms with Gasteiger partial charge < -0.3 is 10.1 Å². The molecule has 4 nitrogen and oxygen atoms in total. The lowest BCUT2D eigenvalue weighted by Crippen LogP contribution is -2.42. The number of allylic oxidation sites excluding steroid dienone is 2. The number of carbonyl (C=O) groups excluding carboxylic acids is 2. The number of benzene rings is 1. The number of Topliss-reactive ketones (excluding diaryl/α,β-unsaturated/α-hetero) is 1. The summed E-state index contributed by atoms with van der Waals surface area (Å²) in [5.74, 6) is -1.04. The number of nitrogens with one attached hydrogen (secondary N) is 1. The van der Waals surface area contributed by atoms with E-state index in [0.717, 1.165) is 59.8 Å². The molecule has 28 heavy (non-hydrogen) atoms.